The lowest BCUT2D eigenvalue weighted by Crippen LogP contribution is -2.54. The Labute approximate surface area is 174 Å². The number of hydrogen-bond acceptors (Lipinski definition) is 5. The van der Waals surface area contributed by atoms with Crippen LogP contribution in [0.4, 0.5) is 4.79 Å². The highest BCUT2D eigenvalue weighted by molar-refractivity contribution is 7.18. The van der Waals surface area contributed by atoms with Crippen LogP contribution in [0.5, 0.6) is 0 Å². The Bertz CT molecular complexity index is 955. The maximum atomic E-state index is 12.7. The van der Waals surface area contributed by atoms with Gasteiger partial charge in [-0.1, -0.05) is 0 Å². The van der Waals surface area contributed by atoms with Crippen LogP contribution in [0.2, 0.25) is 0 Å². The molecule has 0 unspecified atom stereocenters. The average molecular weight is 420 g/mol. The number of carbonyl (C=O) groups excluding carboxylic acids is 2. The first-order valence-corrected chi connectivity index (χ1v) is 11.0. The van der Waals surface area contributed by atoms with Crippen LogP contribution in [0.3, 0.4) is 0 Å². The number of hydrogen-bond donors (Lipinski definition) is 0. The van der Waals surface area contributed by atoms with Gasteiger partial charge < -0.3 is 14.7 Å². The Balaban J connectivity index is 1.58. The first-order valence-electron chi connectivity index (χ1n) is 10.1. The predicted molar refractivity (Wildman–Crippen MR) is 114 cm³/mol. The number of nitrogens with zero attached hydrogens (tertiary/aromatic N) is 5. The Morgan fingerprint density at radius 2 is 1.72 bits per heavy atom. The van der Waals surface area contributed by atoms with E-state index < -0.39 is 0 Å². The fraction of sp³-hybridized carbons (Fsp3) is 0.600. The van der Waals surface area contributed by atoms with Crippen LogP contribution in [0, 0.1) is 13.8 Å². The summed E-state index contributed by atoms with van der Waals surface area (Å²) in [7, 11) is 0. The molecule has 0 bridgehead atoms. The Morgan fingerprint density at radius 3 is 2.34 bits per heavy atom. The van der Waals surface area contributed by atoms with Gasteiger partial charge in [-0.2, -0.15) is 0 Å². The molecule has 158 valence electrons. The topological polar surface area (TPSA) is 78.8 Å². The van der Waals surface area contributed by atoms with E-state index in [0.717, 1.165) is 15.3 Å². The second-order valence-electron chi connectivity index (χ2n) is 7.28. The third-order valence-corrected chi connectivity index (χ3v) is 6.77. The van der Waals surface area contributed by atoms with Crippen LogP contribution in [-0.4, -0.2) is 75.5 Å². The molecule has 8 nitrogen and oxygen atoms in total. The number of carbonyl (C=O) groups is 2. The molecule has 3 rings (SSSR count). The zero-order valence-electron chi connectivity index (χ0n) is 17.6. The monoisotopic (exact) mass is 419 g/mol. The van der Waals surface area contributed by atoms with E-state index in [0.29, 0.717) is 51.2 Å². The van der Waals surface area contributed by atoms with Gasteiger partial charge in [-0.25, -0.2) is 9.78 Å². The van der Waals surface area contributed by atoms with E-state index in [9.17, 15) is 14.4 Å². The normalized spacial score (nSPS) is 14.5. The number of rotatable bonds is 5. The van der Waals surface area contributed by atoms with Crippen molar-refractivity contribution < 1.29 is 9.59 Å². The number of aromatic nitrogens is 2. The summed E-state index contributed by atoms with van der Waals surface area (Å²) < 4.78 is 1.53. The minimum atomic E-state index is -0.0840. The summed E-state index contributed by atoms with van der Waals surface area (Å²) in [5.41, 5.74) is 0.886. The van der Waals surface area contributed by atoms with Crippen molar-refractivity contribution in [2.75, 3.05) is 39.3 Å². The third kappa shape index (κ3) is 4.29. The van der Waals surface area contributed by atoms with Gasteiger partial charge in [0.25, 0.3) is 5.56 Å². The van der Waals surface area contributed by atoms with Gasteiger partial charge in [0.2, 0.25) is 5.91 Å². The van der Waals surface area contributed by atoms with Crippen molar-refractivity contribution >= 4 is 33.5 Å². The molecule has 9 heteroatoms. The lowest BCUT2D eigenvalue weighted by molar-refractivity contribution is -0.132. The number of urea groups is 1. The first-order chi connectivity index (χ1) is 13.9. The highest BCUT2D eigenvalue weighted by Crippen LogP contribution is 2.25. The molecule has 2 aromatic rings. The van der Waals surface area contributed by atoms with Crippen LogP contribution in [0.25, 0.3) is 10.2 Å². The minimum Gasteiger partial charge on any atom is -0.339 e. The van der Waals surface area contributed by atoms with E-state index in [-0.39, 0.29) is 23.9 Å². The molecule has 29 heavy (non-hydrogen) atoms. The van der Waals surface area contributed by atoms with E-state index in [1.165, 1.54) is 22.2 Å². The molecule has 1 fully saturated rings. The van der Waals surface area contributed by atoms with Gasteiger partial charge in [0.05, 0.1) is 11.7 Å². The van der Waals surface area contributed by atoms with Crippen molar-refractivity contribution in [2.45, 2.75) is 40.7 Å². The molecule has 0 spiro atoms. The molecule has 2 aromatic heterocycles. The molecule has 1 aliphatic heterocycles. The van der Waals surface area contributed by atoms with Crippen molar-refractivity contribution in [3.05, 3.63) is 27.1 Å². The summed E-state index contributed by atoms with van der Waals surface area (Å²) in [6, 6.07) is 0.0365. The largest absolute Gasteiger partial charge is 0.339 e. The summed E-state index contributed by atoms with van der Waals surface area (Å²) in [4.78, 5) is 49.4. The van der Waals surface area contributed by atoms with Crippen molar-refractivity contribution in [1.82, 2.24) is 24.3 Å². The molecule has 3 heterocycles. The van der Waals surface area contributed by atoms with Gasteiger partial charge in [0.1, 0.15) is 4.83 Å². The summed E-state index contributed by atoms with van der Waals surface area (Å²) in [5, 5.41) is 0.658. The smallest absolute Gasteiger partial charge is 0.320 e. The third-order valence-electron chi connectivity index (χ3n) is 5.66. The van der Waals surface area contributed by atoms with Crippen molar-refractivity contribution in [3.63, 3.8) is 0 Å². The molecule has 0 aliphatic carbocycles. The fourth-order valence-electron chi connectivity index (χ4n) is 3.64. The number of amides is 3. The SMILES string of the molecule is CCN(CC)C(=O)N1CCN(C(=O)CCn2cnc3sc(C)c(C)c3c2=O)CC1. The van der Waals surface area contributed by atoms with Crippen molar-refractivity contribution in [2.24, 2.45) is 0 Å². The Hall–Kier alpha value is -2.42. The van der Waals surface area contributed by atoms with E-state index in [4.69, 9.17) is 0 Å². The van der Waals surface area contributed by atoms with Crippen LogP contribution in [0.1, 0.15) is 30.7 Å². The molecule has 0 saturated carbocycles. The van der Waals surface area contributed by atoms with E-state index in [1.54, 1.807) is 14.7 Å². The van der Waals surface area contributed by atoms with Crippen LogP contribution in [0.15, 0.2) is 11.1 Å². The zero-order valence-corrected chi connectivity index (χ0v) is 18.4. The number of piperazine rings is 1. The molecule has 0 radical (unpaired) electrons. The number of thiophene rings is 1. The van der Waals surface area contributed by atoms with Crippen molar-refractivity contribution in [1.29, 1.82) is 0 Å². The van der Waals surface area contributed by atoms with Gasteiger partial charge in [-0.3, -0.25) is 14.2 Å². The highest BCUT2D eigenvalue weighted by Gasteiger charge is 2.26. The van der Waals surface area contributed by atoms with Crippen LogP contribution < -0.4 is 5.56 Å². The standard InChI is InChI=1S/C20H29N5O3S/c1-5-22(6-2)20(28)24-11-9-23(10-12-24)16(26)7-8-25-13-21-18-17(19(25)27)14(3)15(4)29-18/h13H,5-12H2,1-4H3. The fourth-order valence-corrected chi connectivity index (χ4v) is 4.63. The van der Waals surface area contributed by atoms with E-state index in [1.807, 2.05) is 27.7 Å². The average Bonchev–Trinajstić information content (AvgIpc) is 3.02. The number of fused-ring (bicyclic) bond motifs is 1. The molecule has 0 N–H and O–H groups in total. The van der Waals surface area contributed by atoms with E-state index in [2.05, 4.69) is 4.98 Å². The van der Waals surface area contributed by atoms with Gasteiger partial charge >= 0.3 is 6.03 Å². The quantitative estimate of drug-likeness (QED) is 0.743. The molecular formula is C20H29N5O3S. The summed E-state index contributed by atoms with van der Waals surface area (Å²) in [5.74, 6) is 0.00477. The molecule has 3 amide bonds. The maximum Gasteiger partial charge on any atom is 0.320 e. The highest BCUT2D eigenvalue weighted by atomic mass is 32.1. The number of aryl methyl sites for hydroxylation is 3. The van der Waals surface area contributed by atoms with Gasteiger partial charge in [-0.05, 0) is 33.3 Å². The van der Waals surface area contributed by atoms with Crippen LogP contribution >= 0.6 is 11.3 Å². The lowest BCUT2D eigenvalue weighted by atomic mass is 10.2. The molecule has 1 aliphatic rings. The second-order valence-corrected chi connectivity index (χ2v) is 8.48. The molecule has 1 saturated heterocycles. The van der Waals surface area contributed by atoms with Gasteiger partial charge in [0, 0.05) is 57.1 Å². The summed E-state index contributed by atoms with van der Waals surface area (Å²) in [6.07, 6.45) is 1.78. The van der Waals surface area contributed by atoms with Gasteiger partial charge in [-0.15, -0.1) is 11.3 Å². The van der Waals surface area contributed by atoms with Gasteiger partial charge in [0.15, 0.2) is 0 Å². The predicted octanol–water partition coefficient (Wildman–Crippen LogP) is 2.07. The first kappa shape index (κ1) is 21.3. The molecular weight excluding hydrogens is 390 g/mol. The second kappa shape index (κ2) is 8.94. The Morgan fingerprint density at radius 1 is 1.10 bits per heavy atom. The summed E-state index contributed by atoms with van der Waals surface area (Å²) >= 11 is 1.52. The maximum absolute atomic E-state index is 12.7. The Kier molecular flexibility index (Phi) is 6.56. The van der Waals surface area contributed by atoms with E-state index >= 15 is 0 Å². The lowest BCUT2D eigenvalue weighted by Gasteiger charge is -2.37. The van der Waals surface area contributed by atoms with Crippen LogP contribution in [-0.2, 0) is 11.3 Å². The van der Waals surface area contributed by atoms with Crippen molar-refractivity contribution in [3.8, 4) is 0 Å². The minimum absolute atomic E-state index is 0.00477. The zero-order chi connectivity index (χ0) is 21.1. The molecule has 0 atom stereocenters. The summed E-state index contributed by atoms with van der Waals surface area (Å²) in [6.45, 7) is 11.7. The molecule has 0 aromatic carbocycles.